The van der Waals surface area contributed by atoms with Crippen LogP contribution in [0.5, 0.6) is 0 Å². The molecule has 1 aromatic carbocycles. The van der Waals surface area contributed by atoms with E-state index in [-0.39, 0.29) is 11.6 Å². The van der Waals surface area contributed by atoms with Crippen molar-refractivity contribution in [2.24, 2.45) is 0 Å². The minimum Gasteiger partial charge on any atom is -0.467 e. The van der Waals surface area contributed by atoms with Crippen LogP contribution in [0.2, 0.25) is 0 Å². The number of benzene rings is 1. The number of carbonyl (C=O) groups is 1. The maximum atomic E-state index is 12.3. The number of carbonyl (C=O) groups excluding carboxylic acids is 1. The quantitative estimate of drug-likeness (QED) is 0.751. The molecule has 2 aromatic heterocycles. The molecule has 0 radical (unpaired) electrons. The number of amides is 1. The molecule has 0 bridgehead atoms. The van der Waals surface area contributed by atoms with Crippen LogP contribution in [0.1, 0.15) is 27.4 Å². The molecule has 0 fully saturated rings. The lowest BCUT2D eigenvalue weighted by Gasteiger charge is -2.09. The highest BCUT2D eigenvalue weighted by atomic mass is 16.3. The van der Waals surface area contributed by atoms with Crippen LogP contribution in [0, 0.1) is 13.8 Å². The molecule has 0 saturated carbocycles. The fourth-order valence-electron chi connectivity index (χ4n) is 2.20. The van der Waals surface area contributed by atoms with Crippen LogP contribution in [0.4, 0.5) is 11.5 Å². The Kier molecular flexibility index (Phi) is 4.56. The van der Waals surface area contributed by atoms with Crippen molar-refractivity contribution in [2.45, 2.75) is 20.4 Å². The van der Waals surface area contributed by atoms with Gasteiger partial charge in [0.25, 0.3) is 5.91 Å². The van der Waals surface area contributed by atoms with Crippen molar-refractivity contribution in [2.75, 3.05) is 10.6 Å². The third-order valence-electron chi connectivity index (χ3n) is 3.56. The van der Waals surface area contributed by atoms with Gasteiger partial charge in [-0.05, 0) is 55.3 Å². The number of aryl methyl sites for hydroxylation is 2. The van der Waals surface area contributed by atoms with Crippen LogP contribution in [-0.2, 0) is 6.54 Å². The Labute approximate surface area is 139 Å². The van der Waals surface area contributed by atoms with E-state index in [1.165, 1.54) is 0 Å². The number of nitrogens with zero attached hydrogens (tertiary/aromatic N) is 2. The van der Waals surface area contributed by atoms with E-state index >= 15 is 0 Å². The van der Waals surface area contributed by atoms with Gasteiger partial charge >= 0.3 is 0 Å². The molecule has 0 aliphatic carbocycles. The van der Waals surface area contributed by atoms with Crippen molar-refractivity contribution in [3.05, 3.63) is 71.3 Å². The molecule has 6 heteroatoms. The third-order valence-corrected chi connectivity index (χ3v) is 3.56. The first-order valence-corrected chi connectivity index (χ1v) is 7.60. The largest absolute Gasteiger partial charge is 0.467 e. The summed E-state index contributed by atoms with van der Waals surface area (Å²) in [5.41, 5.74) is 3.12. The molecule has 0 atom stereocenters. The molecule has 1 amide bonds. The van der Waals surface area contributed by atoms with Crippen molar-refractivity contribution in [3.63, 3.8) is 0 Å². The summed E-state index contributed by atoms with van der Waals surface area (Å²) in [4.78, 5) is 12.3. The minimum absolute atomic E-state index is 0.263. The van der Waals surface area contributed by atoms with E-state index in [4.69, 9.17) is 4.42 Å². The molecule has 2 N–H and O–H groups in total. The predicted octanol–water partition coefficient (Wildman–Crippen LogP) is 3.55. The smallest absolute Gasteiger partial charge is 0.276 e. The number of nitrogens with one attached hydrogen (secondary N) is 2. The van der Waals surface area contributed by atoms with Crippen LogP contribution in [0.15, 0.2) is 53.1 Å². The summed E-state index contributed by atoms with van der Waals surface area (Å²) >= 11 is 0. The highest BCUT2D eigenvalue weighted by molar-refractivity contribution is 6.03. The zero-order chi connectivity index (χ0) is 16.9. The molecule has 3 rings (SSSR count). The first-order valence-electron chi connectivity index (χ1n) is 7.60. The van der Waals surface area contributed by atoms with Crippen molar-refractivity contribution < 1.29 is 9.21 Å². The van der Waals surface area contributed by atoms with Crippen LogP contribution >= 0.6 is 0 Å². The third kappa shape index (κ3) is 3.78. The molecule has 0 aliphatic rings. The second kappa shape index (κ2) is 6.95. The number of furan rings is 1. The van der Waals surface area contributed by atoms with Gasteiger partial charge in [-0.1, -0.05) is 12.1 Å². The second-order valence-corrected chi connectivity index (χ2v) is 5.51. The highest BCUT2D eigenvalue weighted by Gasteiger charge is 2.10. The number of hydrogen-bond donors (Lipinski definition) is 2. The summed E-state index contributed by atoms with van der Waals surface area (Å²) in [6.07, 6.45) is 1.61. The maximum Gasteiger partial charge on any atom is 0.276 e. The Bertz CT molecular complexity index is 827. The Morgan fingerprint density at radius 1 is 1.12 bits per heavy atom. The highest BCUT2D eigenvalue weighted by Crippen LogP contribution is 2.17. The first kappa shape index (κ1) is 15.7. The Hall–Kier alpha value is -3.15. The molecular formula is C18H18N4O2. The topological polar surface area (TPSA) is 80.0 Å². The van der Waals surface area contributed by atoms with Crippen molar-refractivity contribution in [3.8, 4) is 0 Å². The summed E-state index contributed by atoms with van der Waals surface area (Å²) < 4.78 is 5.23. The van der Waals surface area contributed by atoms with Gasteiger partial charge in [0.1, 0.15) is 11.6 Å². The van der Waals surface area contributed by atoms with E-state index in [9.17, 15) is 4.79 Å². The van der Waals surface area contributed by atoms with E-state index in [0.717, 1.165) is 22.6 Å². The van der Waals surface area contributed by atoms with Crippen LogP contribution < -0.4 is 10.6 Å². The van der Waals surface area contributed by atoms with Gasteiger partial charge in [-0.25, -0.2) is 0 Å². The Morgan fingerprint density at radius 3 is 2.71 bits per heavy atom. The molecule has 122 valence electrons. The lowest BCUT2D eigenvalue weighted by molar-refractivity contribution is 0.102. The van der Waals surface area contributed by atoms with Crippen molar-refractivity contribution in [1.29, 1.82) is 0 Å². The zero-order valence-corrected chi connectivity index (χ0v) is 13.5. The molecule has 24 heavy (non-hydrogen) atoms. The van der Waals surface area contributed by atoms with Gasteiger partial charge in [0.2, 0.25) is 0 Å². The fraction of sp³-hybridized carbons (Fsp3) is 0.167. The zero-order valence-electron chi connectivity index (χ0n) is 13.5. The van der Waals surface area contributed by atoms with Gasteiger partial charge in [-0.2, -0.15) is 0 Å². The number of aromatic nitrogens is 2. The van der Waals surface area contributed by atoms with E-state index in [0.29, 0.717) is 12.4 Å². The summed E-state index contributed by atoms with van der Waals surface area (Å²) in [5, 5.41) is 13.9. The van der Waals surface area contributed by atoms with Gasteiger partial charge in [0, 0.05) is 5.69 Å². The second-order valence-electron chi connectivity index (χ2n) is 5.51. The predicted molar refractivity (Wildman–Crippen MR) is 91.9 cm³/mol. The lowest BCUT2D eigenvalue weighted by Crippen LogP contribution is -2.15. The maximum absolute atomic E-state index is 12.3. The number of anilines is 2. The molecule has 3 aromatic rings. The SMILES string of the molecule is Cc1ccc(C)c(NC(=O)c2ccc(NCc3ccco3)nn2)c1. The van der Waals surface area contributed by atoms with E-state index < -0.39 is 0 Å². The first-order chi connectivity index (χ1) is 11.6. The molecule has 2 heterocycles. The Balaban J connectivity index is 1.64. The molecule has 0 saturated heterocycles. The average Bonchev–Trinajstić information content (AvgIpc) is 3.10. The summed E-state index contributed by atoms with van der Waals surface area (Å²) in [5.74, 6) is 1.09. The average molecular weight is 322 g/mol. The van der Waals surface area contributed by atoms with Crippen molar-refractivity contribution >= 4 is 17.4 Å². The molecule has 0 spiro atoms. The van der Waals surface area contributed by atoms with Gasteiger partial charge in [0.05, 0.1) is 12.8 Å². The van der Waals surface area contributed by atoms with Gasteiger partial charge in [0.15, 0.2) is 5.69 Å². The van der Waals surface area contributed by atoms with E-state index in [2.05, 4.69) is 20.8 Å². The number of hydrogen-bond acceptors (Lipinski definition) is 5. The number of rotatable bonds is 5. The normalized spacial score (nSPS) is 10.4. The van der Waals surface area contributed by atoms with Crippen molar-refractivity contribution in [1.82, 2.24) is 10.2 Å². The standard InChI is InChI=1S/C18H18N4O2/c1-12-5-6-13(2)16(10-12)20-18(23)15-7-8-17(22-21-15)19-11-14-4-3-9-24-14/h3-10H,11H2,1-2H3,(H,19,22)(H,20,23). The fourth-order valence-corrected chi connectivity index (χ4v) is 2.20. The molecule has 0 aliphatic heterocycles. The molecule has 6 nitrogen and oxygen atoms in total. The van der Waals surface area contributed by atoms with Crippen LogP contribution in [0.3, 0.4) is 0 Å². The molecule has 0 unspecified atom stereocenters. The summed E-state index contributed by atoms with van der Waals surface area (Å²) in [6.45, 7) is 4.44. The monoisotopic (exact) mass is 322 g/mol. The van der Waals surface area contributed by atoms with Gasteiger partial charge in [-0.3, -0.25) is 4.79 Å². The minimum atomic E-state index is -0.284. The van der Waals surface area contributed by atoms with Crippen LogP contribution in [0.25, 0.3) is 0 Å². The van der Waals surface area contributed by atoms with E-state index in [1.807, 2.05) is 44.2 Å². The Morgan fingerprint density at radius 2 is 2.00 bits per heavy atom. The van der Waals surface area contributed by atoms with Gasteiger partial charge in [-0.15, -0.1) is 10.2 Å². The van der Waals surface area contributed by atoms with Gasteiger partial charge < -0.3 is 15.1 Å². The van der Waals surface area contributed by atoms with E-state index in [1.54, 1.807) is 18.4 Å². The summed E-state index contributed by atoms with van der Waals surface area (Å²) in [7, 11) is 0. The summed E-state index contributed by atoms with van der Waals surface area (Å²) in [6, 6.07) is 12.9. The lowest BCUT2D eigenvalue weighted by atomic mass is 10.1. The molecular weight excluding hydrogens is 304 g/mol. The van der Waals surface area contributed by atoms with Crippen LogP contribution in [-0.4, -0.2) is 16.1 Å².